The Morgan fingerprint density at radius 1 is 0.974 bits per heavy atom. The van der Waals surface area contributed by atoms with Gasteiger partial charge in [-0.1, -0.05) is 61.9 Å². The van der Waals surface area contributed by atoms with Gasteiger partial charge in [0.1, 0.15) is 5.82 Å². The lowest BCUT2D eigenvalue weighted by atomic mass is 9.98. The molecule has 0 bridgehead atoms. The largest absolute Gasteiger partial charge is 0.348 e. The number of aromatic amines is 1. The molecule has 3 aromatic heterocycles. The van der Waals surface area contributed by atoms with Gasteiger partial charge in [-0.2, -0.15) is 5.21 Å². The number of aryl methyl sites for hydroxylation is 1. The summed E-state index contributed by atoms with van der Waals surface area (Å²) in [6.45, 7) is 4.23. The molecule has 1 N–H and O–H groups in total. The molecule has 0 spiro atoms. The van der Waals surface area contributed by atoms with Crippen molar-refractivity contribution in [1.82, 2.24) is 35.2 Å². The molecule has 9 nitrogen and oxygen atoms in total. The monoisotopic (exact) mass is 521 g/mol. The molecule has 0 radical (unpaired) electrons. The Bertz CT molecular complexity index is 1510. The first-order valence-electron chi connectivity index (χ1n) is 13.5. The summed E-state index contributed by atoms with van der Waals surface area (Å²) in [6.07, 6.45) is 9.41. The van der Waals surface area contributed by atoms with Crippen molar-refractivity contribution in [2.24, 2.45) is 0 Å². The van der Waals surface area contributed by atoms with Gasteiger partial charge in [0, 0.05) is 47.5 Å². The molecular formula is C30H31N7O2. The zero-order chi connectivity index (χ0) is 26.4. The van der Waals surface area contributed by atoms with Crippen molar-refractivity contribution in [3.8, 4) is 33.9 Å². The summed E-state index contributed by atoms with van der Waals surface area (Å²) >= 11 is 0. The van der Waals surface area contributed by atoms with E-state index in [9.17, 15) is 0 Å². The maximum Gasteiger partial charge on any atom is 0.205 e. The second-order valence-corrected chi connectivity index (χ2v) is 9.65. The standard InChI is InChI=1S/C30H31N7O2/c1-2-3-7-23-18-26(27(19-32-23)30-38-16-6-17-39-30)29-31-14-15-37(29)20-21-10-12-22(13-11-21)24-8-4-5-9-25(24)28-33-35-36-34-28/h4-5,8-15,18-19,30H,2-3,6-7,16-17,20H2,1H3,(H,33,34,35,36). The van der Waals surface area contributed by atoms with Gasteiger partial charge < -0.3 is 14.0 Å². The van der Waals surface area contributed by atoms with Gasteiger partial charge in [0.25, 0.3) is 0 Å². The number of nitrogens with one attached hydrogen (secondary N) is 1. The summed E-state index contributed by atoms with van der Waals surface area (Å²) < 4.78 is 14.1. The summed E-state index contributed by atoms with van der Waals surface area (Å²) in [5, 5.41) is 14.6. The van der Waals surface area contributed by atoms with E-state index >= 15 is 0 Å². The van der Waals surface area contributed by atoms with Crippen LogP contribution in [0.1, 0.15) is 49.3 Å². The summed E-state index contributed by atoms with van der Waals surface area (Å²) in [4.78, 5) is 9.49. The Morgan fingerprint density at radius 3 is 2.56 bits per heavy atom. The van der Waals surface area contributed by atoms with E-state index < -0.39 is 6.29 Å². The molecule has 0 unspecified atom stereocenters. The lowest BCUT2D eigenvalue weighted by Crippen LogP contribution is -2.19. The van der Waals surface area contributed by atoms with Crippen molar-refractivity contribution < 1.29 is 9.47 Å². The fourth-order valence-corrected chi connectivity index (χ4v) is 4.93. The number of H-pyrrole nitrogens is 1. The Labute approximate surface area is 227 Å². The van der Waals surface area contributed by atoms with E-state index in [4.69, 9.17) is 19.4 Å². The molecule has 1 aliphatic heterocycles. The lowest BCUT2D eigenvalue weighted by molar-refractivity contribution is -0.182. The van der Waals surface area contributed by atoms with Gasteiger partial charge in [0.05, 0.1) is 13.2 Å². The Kier molecular flexibility index (Phi) is 7.51. The number of pyridine rings is 1. The number of ether oxygens (including phenoxy) is 2. The molecule has 39 heavy (non-hydrogen) atoms. The molecule has 0 atom stereocenters. The molecule has 6 rings (SSSR count). The predicted molar refractivity (Wildman–Crippen MR) is 147 cm³/mol. The average molecular weight is 522 g/mol. The van der Waals surface area contributed by atoms with E-state index in [1.54, 1.807) is 0 Å². The summed E-state index contributed by atoms with van der Waals surface area (Å²) in [6, 6.07) is 18.8. The van der Waals surface area contributed by atoms with Gasteiger partial charge in [-0.05, 0) is 47.2 Å². The SMILES string of the molecule is CCCCc1cc(-c2nccn2Cc2ccc(-c3ccccc3-c3nn[nH]n3)cc2)c(C2OCCCO2)cn1. The van der Waals surface area contributed by atoms with E-state index in [1.807, 2.05) is 36.8 Å². The van der Waals surface area contributed by atoms with Crippen molar-refractivity contribution in [2.75, 3.05) is 13.2 Å². The van der Waals surface area contributed by atoms with Crippen LogP contribution in [0.4, 0.5) is 0 Å². The van der Waals surface area contributed by atoms with Crippen molar-refractivity contribution in [2.45, 2.75) is 45.4 Å². The summed E-state index contributed by atoms with van der Waals surface area (Å²) in [5.74, 6) is 1.46. The fraction of sp³-hybridized carbons (Fsp3) is 0.300. The number of benzene rings is 2. The van der Waals surface area contributed by atoms with E-state index in [2.05, 4.69) is 68.5 Å². The van der Waals surface area contributed by atoms with Crippen LogP contribution in [-0.2, 0) is 22.4 Å². The number of hydrogen-bond donors (Lipinski definition) is 1. The van der Waals surface area contributed by atoms with Crippen molar-refractivity contribution in [3.63, 3.8) is 0 Å². The first-order chi connectivity index (χ1) is 19.3. The minimum atomic E-state index is -0.426. The molecule has 1 fully saturated rings. The number of tetrazole rings is 1. The Morgan fingerprint density at radius 2 is 1.79 bits per heavy atom. The number of unbranched alkanes of at least 4 members (excludes halogenated alkanes) is 1. The molecule has 9 heteroatoms. The molecule has 0 aliphatic carbocycles. The molecule has 5 aromatic rings. The minimum Gasteiger partial charge on any atom is -0.348 e. The number of nitrogens with zero attached hydrogens (tertiary/aromatic N) is 6. The van der Waals surface area contributed by atoms with Crippen LogP contribution in [0.25, 0.3) is 33.9 Å². The van der Waals surface area contributed by atoms with Gasteiger partial charge in [0.15, 0.2) is 6.29 Å². The molecule has 0 amide bonds. The molecule has 2 aromatic carbocycles. The molecule has 4 heterocycles. The first-order valence-corrected chi connectivity index (χ1v) is 13.5. The summed E-state index contributed by atoms with van der Waals surface area (Å²) in [5.41, 5.74) is 7.25. The van der Waals surface area contributed by atoms with Crippen molar-refractivity contribution >= 4 is 0 Å². The zero-order valence-corrected chi connectivity index (χ0v) is 22.0. The molecular weight excluding hydrogens is 490 g/mol. The van der Waals surface area contributed by atoms with Crippen LogP contribution < -0.4 is 0 Å². The van der Waals surface area contributed by atoms with Crippen LogP contribution >= 0.6 is 0 Å². The van der Waals surface area contributed by atoms with Crippen LogP contribution in [0.5, 0.6) is 0 Å². The number of rotatable bonds is 9. The average Bonchev–Trinajstić information content (AvgIpc) is 3.70. The van der Waals surface area contributed by atoms with Crippen LogP contribution in [0, 0.1) is 0 Å². The minimum absolute atomic E-state index is 0.426. The fourth-order valence-electron chi connectivity index (χ4n) is 4.93. The second kappa shape index (κ2) is 11.7. The van der Waals surface area contributed by atoms with Gasteiger partial charge in [-0.15, -0.1) is 10.2 Å². The van der Waals surface area contributed by atoms with Crippen molar-refractivity contribution in [1.29, 1.82) is 0 Å². The Balaban J connectivity index is 1.29. The Hall–Kier alpha value is -4.21. The topological polar surface area (TPSA) is 104 Å². The molecule has 1 saturated heterocycles. The van der Waals surface area contributed by atoms with Crippen LogP contribution in [0.2, 0.25) is 0 Å². The van der Waals surface area contributed by atoms with Crippen LogP contribution in [0.15, 0.2) is 73.2 Å². The first kappa shape index (κ1) is 25.1. The van der Waals surface area contributed by atoms with Gasteiger partial charge in [-0.25, -0.2) is 4.98 Å². The van der Waals surface area contributed by atoms with E-state index in [-0.39, 0.29) is 0 Å². The third kappa shape index (κ3) is 5.50. The number of imidazole rings is 1. The second-order valence-electron chi connectivity index (χ2n) is 9.65. The van der Waals surface area contributed by atoms with Gasteiger partial charge >= 0.3 is 0 Å². The maximum atomic E-state index is 5.96. The molecule has 198 valence electrons. The van der Waals surface area contributed by atoms with Crippen molar-refractivity contribution in [3.05, 3.63) is 90.0 Å². The highest BCUT2D eigenvalue weighted by atomic mass is 16.7. The lowest BCUT2D eigenvalue weighted by Gasteiger charge is -2.25. The highest BCUT2D eigenvalue weighted by Crippen LogP contribution is 2.33. The quantitative estimate of drug-likeness (QED) is 0.269. The van der Waals surface area contributed by atoms with Crippen LogP contribution in [-0.4, -0.2) is 48.4 Å². The molecule has 0 saturated carbocycles. The van der Waals surface area contributed by atoms with E-state index in [1.165, 1.54) is 5.56 Å². The highest BCUT2D eigenvalue weighted by molar-refractivity contribution is 5.80. The molecule has 1 aliphatic rings. The normalized spacial score (nSPS) is 14.1. The maximum absolute atomic E-state index is 5.96. The highest BCUT2D eigenvalue weighted by Gasteiger charge is 2.23. The summed E-state index contributed by atoms with van der Waals surface area (Å²) in [7, 11) is 0. The van der Waals surface area contributed by atoms with E-state index in [0.717, 1.165) is 65.0 Å². The van der Waals surface area contributed by atoms with Gasteiger partial charge in [0.2, 0.25) is 5.82 Å². The zero-order valence-electron chi connectivity index (χ0n) is 22.0. The smallest absolute Gasteiger partial charge is 0.205 e. The van der Waals surface area contributed by atoms with E-state index in [0.29, 0.717) is 25.6 Å². The van der Waals surface area contributed by atoms with Crippen LogP contribution in [0.3, 0.4) is 0 Å². The third-order valence-corrected chi connectivity index (χ3v) is 6.95. The number of aromatic nitrogens is 7. The van der Waals surface area contributed by atoms with Gasteiger partial charge in [-0.3, -0.25) is 4.98 Å². The predicted octanol–water partition coefficient (Wildman–Crippen LogP) is 5.62. The third-order valence-electron chi connectivity index (χ3n) is 6.95. The number of hydrogen-bond acceptors (Lipinski definition) is 7.